The summed E-state index contributed by atoms with van der Waals surface area (Å²) in [6.45, 7) is 3.49. The van der Waals surface area contributed by atoms with Gasteiger partial charge in [-0.15, -0.1) is 5.10 Å². The van der Waals surface area contributed by atoms with Crippen LogP contribution in [0.2, 0.25) is 0 Å². The summed E-state index contributed by atoms with van der Waals surface area (Å²) in [6, 6.07) is 8.30. The number of ether oxygens (including phenoxy) is 2. The van der Waals surface area contributed by atoms with Crippen molar-refractivity contribution in [2.75, 3.05) is 38.7 Å². The Morgan fingerprint density at radius 2 is 2.33 bits per heavy atom. The molecule has 1 N–H and O–H groups in total. The summed E-state index contributed by atoms with van der Waals surface area (Å²) in [6.07, 6.45) is 1.68. The minimum atomic E-state index is -0.250. The second-order valence-corrected chi connectivity index (χ2v) is 5.67. The Labute approximate surface area is 140 Å². The van der Waals surface area contributed by atoms with Crippen molar-refractivity contribution < 1.29 is 13.9 Å². The number of aromatic nitrogens is 2. The van der Waals surface area contributed by atoms with Gasteiger partial charge in [0.25, 0.3) is 0 Å². The molecule has 1 aliphatic rings. The van der Waals surface area contributed by atoms with E-state index in [0.717, 1.165) is 24.5 Å². The average molecular weight is 332 g/mol. The molecule has 1 aliphatic heterocycles. The second-order valence-electron chi connectivity index (χ2n) is 5.67. The molecule has 0 aliphatic carbocycles. The minimum Gasteiger partial charge on any atom is -0.496 e. The molecular formula is C17H21FN4O2. The third-order valence-electron chi connectivity index (χ3n) is 3.94. The molecule has 1 saturated heterocycles. The number of hydrogen-bond donors (Lipinski definition) is 1. The van der Waals surface area contributed by atoms with Crippen LogP contribution < -0.4 is 10.1 Å². The summed E-state index contributed by atoms with van der Waals surface area (Å²) < 4.78 is 24.6. The predicted octanol–water partition coefficient (Wildman–Crippen LogP) is 1.94. The van der Waals surface area contributed by atoms with Gasteiger partial charge < -0.3 is 14.8 Å². The Morgan fingerprint density at radius 3 is 3.12 bits per heavy atom. The molecule has 1 aromatic carbocycles. The number of nitrogens with one attached hydrogen (secondary N) is 1. The van der Waals surface area contributed by atoms with Crippen LogP contribution in [-0.2, 0) is 11.3 Å². The van der Waals surface area contributed by atoms with Gasteiger partial charge in [-0.05, 0) is 30.3 Å². The van der Waals surface area contributed by atoms with E-state index in [-0.39, 0.29) is 11.9 Å². The Morgan fingerprint density at radius 1 is 1.42 bits per heavy atom. The van der Waals surface area contributed by atoms with E-state index in [0.29, 0.717) is 25.4 Å². The zero-order valence-corrected chi connectivity index (χ0v) is 13.6. The Hall–Kier alpha value is -2.25. The number of anilines is 1. The lowest BCUT2D eigenvalue weighted by atomic mass is 10.1. The maximum Gasteiger partial charge on any atom is 0.148 e. The number of methoxy groups -OCH3 is 1. The molecule has 0 amide bonds. The summed E-state index contributed by atoms with van der Waals surface area (Å²) in [5.41, 5.74) is 0.847. The molecule has 0 bridgehead atoms. The number of morpholine rings is 1. The van der Waals surface area contributed by atoms with Crippen LogP contribution in [0, 0.1) is 5.82 Å². The summed E-state index contributed by atoms with van der Waals surface area (Å²) in [7, 11) is 1.60. The highest BCUT2D eigenvalue weighted by Crippen LogP contribution is 2.22. The van der Waals surface area contributed by atoms with Crippen molar-refractivity contribution in [3.63, 3.8) is 0 Å². The number of benzene rings is 1. The van der Waals surface area contributed by atoms with Crippen LogP contribution in [0.25, 0.3) is 0 Å². The van der Waals surface area contributed by atoms with E-state index in [1.54, 1.807) is 19.4 Å². The zero-order valence-electron chi connectivity index (χ0n) is 13.6. The molecule has 3 rings (SSSR count). The van der Waals surface area contributed by atoms with Gasteiger partial charge in [-0.2, -0.15) is 5.10 Å². The van der Waals surface area contributed by atoms with Crippen molar-refractivity contribution in [2.45, 2.75) is 12.6 Å². The molecule has 7 heteroatoms. The first-order valence-electron chi connectivity index (χ1n) is 7.92. The number of rotatable bonds is 6. The van der Waals surface area contributed by atoms with Crippen LogP contribution in [0.15, 0.2) is 36.5 Å². The van der Waals surface area contributed by atoms with E-state index in [1.165, 1.54) is 12.1 Å². The van der Waals surface area contributed by atoms with Gasteiger partial charge in [-0.1, -0.05) is 0 Å². The Kier molecular flexibility index (Phi) is 5.55. The van der Waals surface area contributed by atoms with Gasteiger partial charge in [0.15, 0.2) is 0 Å². The van der Waals surface area contributed by atoms with Crippen LogP contribution in [0.1, 0.15) is 5.56 Å². The standard InChI is InChI=1S/C17H21FN4O2/c1-23-16-5-4-14(18)9-13(16)11-22-7-8-24-15(12-22)10-19-17-3-2-6-20-21-17/h2-6,9,15H,7-8,10-12H2,1H3,(H,19,21)/t15-/m0/s1. The van der Waals surface area contributed by atoms with Crippen LogP contribution >= 0.6 is 0 Å². The average Bonchev–Trinajstić information content (AvgIpc) is 2.61. The quantitative estimate of drug-likeness (QED) is 0.872. The lowest BCUT2D eigenvalue weighted by Gasteiger charge is -2.33. The molecular weight excluding hydrogens is 311 g/mol. The van der Waals surface area contributed by atoms with Gasteiger partial charge in [0.05, 0.1) is 19.8 Å². The summed E-state index contributed by atoms with van der Waals surface area (Å²) in [5.74, 6) is 1.18. The SMILES string of the molecule is COc1ccc(F)cc1CN1CCO[C@@H](CNc2cccnn2)C1. The molecule has 1 aromatic heterocycles. The minimum absolute atomic E-state index is 0.0420. The summed E-state index contributed by atoms with van der Waals surface area (Å²) >= 11 is 0. The fourth-order valence-electron chi connectivity index (χ4n) is 2.77. The molecule has 0 spiro atoms. The first-order chi connectivity index (χ1) is 11.7. The lowest BCUT2D eigenvalue weighted by Crippen LogP contribution is -2.44. The normalized spacial score (nSPS) is 18.3. The third-order valence-corrected chi connectivity index (χ3v) is 3.94. The number of hydrogen-bond acceptors (Lipinski definition) is 6. The van der Waals surface area contributed by atoms with E-state index in [9.17, 15) is 4.39 Å². The van der Waals surface area contributed by atoms with Gasteiger partial charge in [0.1, 0.15) is 17.4 Å². The highest BCUT2D eigenvalue weighted by atomic mass is 19.1. The number of nitrogens with zero attached hydrogens (tertiary/aromatic N) is 3. The van der Waals surface area contributed by atoms with Crippen LogP contribution in [-0.4, -0.2) is 54.6 Å². The molecule has 6 nitrogen and oxygen atoms in total. The molecule has 1 fully saturated rings. The first-order valence-corrected chi connectivity index (χ1v) is 7.92. The van der Waals surface area contributed by atoms with Crippen molar-refractivity contribution >= 4 is 5.82 Å². The molecule has 128 valence electrons. The highest BCUT2D eigenvalue weighted by Gasteiger charge is 2.21. The molecule has 0 unspecified atom stereocenters. The number of halogens is 1. The van der Waals surface area contributed by atoms with E-state index in [1.807, 2.05) is 12.1 Å². The van der Waals surface area contributed by atoms with Crippen LogP contribution in [0.3, 0.4) is 0 Å². The van der Waals surface area contributed by atoms with Crippen molar-refractivity contribution in [1.82, 2.24) is 15.1 Å². The van der Waals surface area contributed by atoms with Crippen LogP contribution in [0.4, 0.5) is 10.2 Å². The second kappa shape index (κ2) is 8.03. The summed E-state index contributed by atoms with van der Waals surface area (Å²) in [5, 5.41) is 11.0. The van der Waals surface area contributed by atoms with Gasteiger partial charge in [-0.3, -0.25) is 4.90 Å². The van der Waals surface area contributed by atoms with E-state index < -0.39 is 0 Å². The third kappa shape index (κ3) is 4.39. The van der Waals surface area contributed by atoms with Crippen molar-refractivity contribution in [3.8, 4) is 5.75 Å². The molecule has 2 aromatic rings. The summed E-state index contributed by atoms with van der Waals surface area (Å²) in [4.78, 5) is 2.24. The van der Waals surface area contributed by atoms with E-state index >= 15 is 0 Å². The van der Waals surface area contributed by atoms with Gasteiger partial charge >= 0.3 is 0 Å². The molecule has 24 heavy (non-hydrogen) atoms. The monoisotopic (exact) mass is 332 g/mol. The van der Waals surface area contributed by atoms with Crippen molar-refractivity contribution in [1.29, 1.82) is 0 Å². The topological polar surface area (TPSA) is 59.5 Å². The molecule has 0 saturated carbocycles. The van der Waals surface area contributed by atoms with E-state index in [4.69, 9.17) is 9.47 Å². The molecule has 2 heterocycles. The largest absolute Gasteiger partial charge is 0.496 e. The Bertz CT molecular complexity index is 656. The van der Waals surface area contributed by atoms with Gasteiger partial charge in [0.2, 0.25) is 0 Å². The van der Waals surface area contributed by atoms with Gasteiger partial charge in [0, 0.05) is 37.9 Å². The maximum atomic E-state index is 13.5. The van der Waals surface area contributed by atoms with Crippen molar-refractivity contribution in [3.05, 3.63) is 47.9 Å². The lowest BCUT2D eigenvalue weighted by molar-refractivity contribution is -0.0242. The molecule has 0 radical (unpaired) electrons. The van der Waals surface area contributed by atoms with Crippen molar-refractivity contribution in [2.24, 2.45) is 0 Å². The maximum absolute atomic E-state index is 13.5. The molecule has 1 atom stereocenters. The smallest absolute Gasteiger partial charge is 0.148 e. The van der Waals surface area contributed by atoms with Gasteiger partial charge in [-0.25, -0.2) is 4.39 Å². The Balaban J connectivity index is 1.56. The van der Waals surface area contributed by atoms with E-state index in [2.05, 4.69) is 20.4 Å². The fourth-order valence-corrected chi connectivity index (χ4v) is 2.77. The first kappa shape index (κ1) is 16.6. The zero-order chi connectivity index (χ0) is 16.8. The van der Waals surface area contributed by atoms with Crippen LogP contribution in [0.5, 0.6) is 5.75 Å². The predicted molar refractivity (Wildman–Crippen MR) is 88.5 cm³/mol. The fraction of sp³-hybridized carbons (Fsp3) is 0.412. The highest BCUT2D eigenvalue weighted by molar-refractivity contribution is 5.34.